The summed E-state index contributed by atoms with van der Waals surface area (Å²) >= 11 is 0. The molecule has 0 bridgehead atoms. The summed E-state index contributed by atoms with van der Waals surface area (Å²) in [5.41, 5.74) is 5.47. The van der Waals surface area contributed by atoms with E-state index in [1.807, 2.05) is 6.07 Å². The number of nitriles is 1. The van der Waals surface area contributed by atoms with Gasteiger partial charge in [0.2, 0.25) is 16.0 Å². The van der Waals surface area contributed by atoms with E-state index < -0.39 is 15.6 Å². The van der Waals surface area contributed by atoms with Gasteiger partial charge in [-0.2, -0.15) is 5.26 Å². The highest BCUT2D eigenvalue weighted by Gasteiger charge is 2.41. The molecule has 0 aromatic carbocycles. The Bertz CT molecular complexity index is 1030. The minimum absolute atomic E-state index is 0.0876. The highest BCUT2D eigenvalue weighted by molar-refractivity contribution is 7.89. The quantitative estimate of drug-likeness (QED) is 0.817. The van der Waals surface area contributed by atoms with Gasteiger partial charge in [0.25, 0.3) is 0 Å². The number of hydrogen-bond acceptors (Lipinski definition) is 8. The molecule has 10 heteroatoms. The second-order valence-corrected chi connectivity index (χ2v) is 8.01. The van der Waals surface area contributed by atoms with E-state index in [0.717, 1.165) is 4.31 Å². The number of aliphatic imine (C=N–C) groups is 1. The van der Waals surface area contributed by atoms with Crippen molar-refractivity contribution in [3.63, 3.8) is 0 Å². The van der Waals surface area contributed by atoms with Crippen molar-refractivity contribution in [2.45, 2.75) is 12.5 Å². The first-order valence-electron chi connectivity index (χ1n) is 7.67. The lowest BCUT2D eigenvalue weighted by Crippen LogP contribution is -2.50. The van der Waals surface area contributed by atoms with Crippen LogP contribution in [-0.2, 0) is 15.6 Å². The van der Waals surface area contributed by atoms with Gasteiger partial charge < -0.3 is 11.1 Å². The van der Waals surface area contributed by atoms with Crippen molar-refractivity contribution in [1.82, 2.24) is 14.3 Å². The normalized spacial score (nSPS) is 21.6. The average molecular weight is 371 g/mol. The molecule has 1 atom stereocenters. The molecule has 0 spiro atoms. The summed E-state index contributed by atoms with van der Waals surface area (Å²) < 4.78 is 25.6. The third kappa shape index (κ3) is 3.16. The van der Waals surface area contributed by atoms with Gasteiger partial charge in [-0.15, -0.1) is 0 Å². The summed E-state index contributed by atoms with van der Waals surface area (Å²) in [7, 11) is -2.22. The van der Waals surface area contributed by atoms with Crippen LogP contribution in [0.1, 0.15) is 18.2 Å². The molecule has 3 rings (SSSR count). The predicted octanol–water partition coefficient (Wildman–Crippen LogP) is 0.897. The van der Waals surface area contributed by atoms with Crippen LogP contribution >= 0.6 is 0 Å². The molecule has 9 nitrogen and oxygen atoms in total. The number of sulfonamides is 1. The molecule has 0 saturated heterocycles. The first-order valence-corrected chi connectivity index (χ1v) is 9.28. The number of aromatic nitrogens is 2. The summed E-state index contributed by atoms with van der Waals surface area (Å²) in [4.78, 5) is 12.9. The van der Waals surface area contributed by atoms with Gasteiger partial charge in [-0.05, 0) is 31.2 Å². The third-order valence-electron chi connectivity index (χ3n) is 4.04. The molecule has 0 amide bonds. The zero-order valence-electron chi connectivity index (χ0n) is 14.2. The Kier molecular flexibility index (Phi) is 4.25. The molecule has 26 heavy (non-hydrogen) atoms. The zero-order chi connectivity index (χ0) is 18.9. The average Bonchev–Trinajstić information content (AvgIpc) is 2.60. The number of anilines is 2. The van der Waals surface area contributed by atoms with E-state index in [2.05, 4.69) is 20.3 Å². The molecule has 1 aliphatic heterocycles. The minimum atomic E-state index is -3.59. The maximum absolute atomic E-state index is 12.3. The minimum Gasteiger partial charge on any atom is -0.369 e. The zero-order valence-corrected chi connectivity index (χ0v) is 15.0. The van der Waals surface area contributed by atoms with Crippen molar-refractivity contribution >= 4 is 27.6 Å². The van der Waals surface area contributed by atoms with Crippen LogP contribution in [0.25, 0.3) is 0 Å². The maximum atomic E-state index is 12.3. The summed E-state index contributed by atoms with van der Waals surface area (Å²) in [5.74, 6) is 0.448. The number of guanidine groups is 1. The first-order chi connectivity index (χ1) is 12.2. The van der Waals surface area contributed by atoms with Crippen LogP contribution in [0, 0.1) is 11.3 Å². The van der Waals surface area contributed by atoms with Gasteiger partial charge in [0.15, 0.2) is 0 Å². The standard InChI is InChI=1S/C16H17N7O2S/c1-16(10-26(24,25)23(2)15(18)22-16)12-6-3-7-13(20-12)21-14-11(9-17)5-4-8-19-14/h3-8H,10H2,1-2H3,(H2,18,22)(H,19,20,21)/t16-/m0/s1. The fraction of sp³-hybridized carbons (Fsp3) is 0.250. The maximum Gasteiger partial charge on any atom is 0.239 e. The van der Waals surface area contributed by atoms with Crippen LogP contribution in [-0.4, -0.2) is 41.5 Å². The number of nitrogens with two attached hydrogens (primary N) is 1. The van der Waals surface area contributed by atoms with Crippen molar-refractivity contribution in [2.24, 2.45) is 10.7 Å². The smallest absolute Gasteiger partial charge is 0.239 e. The molecule has 2 aromatic heterocycles. The Labute approximate surface area is 151 Å². The molecular weight excluding hydrogens is 354 g/mol. The van der Waals surface area contributed by atoms with Crippen LogP contribution in [0.15, 0.2) is 41.5 Å². The number of pyridine rings is 2. The van der Waals surface area contributed by atoms with Gasteiger partial charge in [-0.25, -0.2) is 27.7 Å². The van der Waals surface area contributed by atoms with Crippen LogP contribution in [0.5, 0.6) is 0 Å². The topological polar surface area (TPSA) is 137 Å². The van der Waals surface area contributed by atoms with Crippen molar-refractivity contribution in [3.05, 3.63) is 47.8 Å². The monoisotopic (exact) mass is 371 g/mol. The van der Waals surface area contributed by atoms with E-state index in [4.69, 9.17) is 11.0 Å². The molecule has 134 valence electrons. The third-order valence-corrected chi connectivity index (χ3v) is 5.99. The fourth-order valence-electron chi connectivity index (χ4n) is 2.60. The summed E-state index contributed by atoms with van der Waals surface area (Å²) in [5, 5.41) is 12.1. The van der Waals surface area contributed by atoms with Crippen molar-refractivity contribution in [1.29, 1.82) is 5.26 Å². The Hall–Kier alpha value is -3.19. The Balaban J connectivity index is 1.99. The Morgan fingerprint density at radius 2 is 2.12 bits per heavy atom. The molecule has 0 aliphatic carbocycles. The van der Waals surface area contributed by atoms with Crippen molar-refractivity contribution in [2.75, 3.05) is 18.1 Å². The molecule has 2 aromatic rings. The second kappa shape index (κ2) is 6.27. The summed E-state index contributed by atoms with van der Waals surface area (Å²) in [6.07, 6.45) is 1.56. The van der Waals surface area contributed by atoms with Crippen LogP contribution < -0.4 is 11.1 Å². The van der Waals surface area contributed by atoms with Crippen molar-refractivity contribution < 1.29 is 8.42 Å². The van der Waals surface area contributed by atoms with Crippen LogP contribution in [0.2, 0.25) is 0 Å². The largest absolute Gasteiger partial charge is 0.369 e. The highest BCUT2D eigenvalue weighted by atomic mass is 32.2. The van der Waals surface area contributed by atoms with Gasteiger partial charge in [-0.1, -0.05) is 6.07 Å². The SMILES string of the molecule is CN1C(N)=N[C@](C)(c2cccc(Nc3ncccc3C#N)n2)CS1(=O)=O. The van der Waals surface area contributed by atoms with E-state index in [1.165, 1.54) is 7.05 Å². The molecule has 0 saturated carbocycles. The van der Waals surface area contributed by atoms with Crippen LogP contribution in [0.4, 0.5) is 11.6 Å². The first kappa shape index (κ1) is 17.6. The number of nitrogens with one attached hydrogen (secondary N) is 1. The number of hydrogen-bond donors (Lipinski definition) is 2. The lowest BCUT2D eigenvalue weighted by Gasteiger charge is -2.33. The molecule has 3 N–H and O–H groups in total. The summed E-state index contributed by atoms with van der Waals surface area (Å²) in [6, 6.07) is 10.4. The molecular formula is C16H17N7O2S. The van der Waals surface area contributed by atoms with Crippen molar-refractivity contribution in [3.8, 4) is 6.07 Å². The van der Waals surface area contributed by atoms with E-state index in [0.29, 0.717) is 22.9 Å². The van der Waals surface area contributed by atoms with Crippen LogP contribution in [0.3, 0.4) is 0 Å². The molecule has 0 radical (unpaired) electrons. The lowest BCUT2D eigenvalue weighted by atomic mass is 10.0. The van der Waals surface area contributed by atoms with E-state index in [9.17, 15) is 8.42 Å². The van der Waals surface area contributed by atoms with Gasteiger partial charge in [-0.3, -0.25) is 0 Å². The highest BCUT2D eigenvalue weighted by Crippen LogP contribution is 2.31. The lowest BCUT2D eigenvalue weighted by molar-refractivity contribution is 0.469. The van der Waals surface area contributed by atoms with E-state index in [-0.39, 0.29) is 11.7 Å². The van der Waals surface area contributed by atoms with Gasteiger partial charge in [0, 0.05) is 13.2 Å². The molecule has 0 fully saturated rings. The Morgan fingerprint density at radius 1 is 1.35 bits per heavy atom. The van der Waals surface area contributed by atoms with Gasteiger partial charge in [0.05, 0.1) is 11.3 Å². The molecule has 1 aliphatic rings. The van der Waals surface area contributed by atoms with E-state index >= 15 is 0 Å². The molecule has 3 heterocycles. The van der Waals surface area contributed by atoms with Gasteiger partial charge >= 0.3 is 0 Å². The fourth-order valence-corrected chi connectivity index (χ4v) is 4.04. The predicted molar refractivity (Wildman–Crippen MR) is 97.0 cm³/mol. The Morgan fingerprint density at radius 3 is 2.81 bits per heavy atom. The number of nitrogens with zero attached hydrogens (tertiary/aromatic N) is 5. The molecule has 0 unspecified atom stereocenters. The van der Waals surface area contributed by atoms with E-state index in [1.54, 1.807) is 43.5 Å². The number of rotatable bonds is 3. The summed E-state index contributed by atoms with van der Waals surface area (Å²) in [6.45, 7) is 1.66. The van der Waals surface area contributed by atoms with Gasteiger partial charge in [0.1, 0.15) is 29.0 Å². The second-order valence-electron chi connectivity index (χ2n) is 6.01.